The lowest BCUT2D eigenvalue weighted by molar-refractivity contribution is 0.112. The molecule has 2 aromatic rings. The number of urea groups is 1. The predicted octanol–water partition coefficient (Wildman–Crippen LogP) is 3.26. The summed E-state index contributed by atoms with van der Waals surface area (Å²) in [6, 6.07) is 9.78. The topological polar surface area (TPSA) is 113 Å². The number of nitrogens with one attached hydrogen (secondary N) is 1. The van der Waals surface area contributed by atoms with Crippen LogP contribution in [0.5, 0.6) is 0 Å². The Morgan fingerprint density at radius 1 is 1.32 bits per heavy atom. The molecule has 148 valence electrons. The second-order valence-corrected chi connectivity index (χ2v) is 8.00. The zero-order valence-corrected chi connectivity index (χ0v) is 16.2. The van der Waals surface area contributed by atoms with Crippen molar-refractivity contribution in [1.29, 1.82) is 0 Å². The minimum Gasteiger partial charge on any atom is -0.463 e. The van der Waals surface area contributed by atoms with Gasteiger partial charge in [0.05, 0.1) is 17.3 Å². The van der Waals surface area contributed by atoms with Crippen molar-refractivity contribution in [2.45, 2.75) is 57.2 Å². The van der Waals surface area contributed by atoms with E-state index < -0.39 is 11.6 Å². The summed E-state index contributed by atoms with van der Waals surface area (Å²) >= 11 is 0. The van der Waals surface area contributed by atoms with Crippen LogP contribution in [0.1, 0.15) is 62.4 Å². The maximum absolute atomic E-state index is 13.2. The average Bonchev–Trinajstić information content (AvgIpc) is 3.25. The number of fused-ring (bicyclic) bond motifs is 1. The molecule has 1 aliphatic heterocycles. The molecule has 0 bridgehead atoms. The number of carbonyl (C=O) groups is 2. The molecule has 28 heavy (non-hydrogen) atoms. The molecule has 1 aromatic heterocycles. The summed E-state index contributed by atoms with van der Waals surface area (Å²) in [5.41, 5.74) is 7.73. The minimum atomic E-state index is -1.22. The van der Waals surface area contributed by atoms with Gasteiger partial charge in [0.15, 0.2) is 0 Å². The number of benzene rings is 1. The first-order chi connectivity index (χ1) is 13.3. The number of aromatic nitrogens is 2. The predicted molar refractivity (Wildman–Crippen MR) is 104 cm³/mol. The molecule has 3 atom stereocenters. The normalized spacial score (nSPS) is 24.7. The zero-order chi connectivity index (χ0) is 20.2. The van der Waals surface area contributed by atoms with E-state index in [-0.39, 0.29) is 23.9 Å². The summed E-state index contributed by atoms with van der Waals surface area (Å²) in [5, 5.41) is 16.7. The summed E-state index contributed by atoms with van der Waals surface area (Å²) in [4.78, 5) is 26.3. The van der Waals surface area contributed by atoms with Crippen LogP contribution in [0.4, 0.5) is 15.4 Å². The number of carboxylic acid groups (broad SMARTS) is 1. The maximum Gasteiger partial charge on any atom is 0.434 e. The SMILES string of the molecule is CCC1c2c(nn(C(=O)O)c2N)C(C)(C)N1C(=O)N[C@@H]1C[C@H]1c1ccccc1. The van der Waals surface area contributed by atoms with Gasteiger partial charge in [-0.05, 0) is 32.3 Å². The molecule has 0 radical (unpaired) electrons. The quantitative estimate of drug-likeness (QED) is 0.753. The summed E-state index contributed by atoms with van der Waals surface area (Å²) in [7, 11) is 0. The highest BCUT2D eigenvalue weighted by atomic mass is 16.4. The molecule has 1 aromatic carbocycles. The highest BCUT2D eigenvalue weighted by Crippen LogP contribution is 2.50. The molecule has 2 aliphatic rings. The van der Waals surface area contributed by atoms with Gasteiger partial charge < -0.3 is 21.1 Å². The van der Waals surface area contributed by atoms with Gasteiger partial charge in [0.1, 0.15) is 5.82 Å². The first-order valence-electron chi connectivity index (χ1n) is 9.54. The second kappa shape index (κ2) is 6.25. The Balaban J connectivity index is 1.58. The lowest BCUT2D eigenvalue weighted by Crippen LogP contribution is -2.49. The number of hydrogen-bond donors (Lipinski definition) is 3. The van der Waals surface area contributed by atoms with E-state index in [1.165, 1.54) is 5.56 Å². The summed E-state index contributed by atoms with van der Waals surface area (Å²) in [6.07, 6.45) is 0.308. The van der Waals surface area contributed by atoms with E-state index in [0.717, 1.165) is 11.1 Å². The van der Waals surface area contributed by atoms with Crippen molar-refractivity contribution in [2.24, 2.45) is 0 Å². The van der Waals surface area contributed by atoms with E-state index in [1.54, 1.807) is 4.90 Å². The van der Waals surface area contributed by atoms with Crippen LogP contribution < -0.4 is 11.1 Å². The number of nitrogen functional groups attached to an aromatic ring is 1. The molecule has 2 heterocycles. The number of rotatable bonds is 3. The first-order valence-corrected chi connectivity index (χ1v) is 9.54. The Bertz CT molecular complexity index is 937. The van der Waals surface area contributed by atoms with Crippen molar-refractivity contribution in [2.75, 3.05) is 5.73 Å². The fraction of sp³-hybridized carbons (Fsp3) is 0.450. The van der Waals surface area contributed by atoms with Gasteiger partial charge in [0.25, 0.3) is 0 Å². The molecular formula is C20H25N5O3. The van der Waals surface area contributed by atoms with Crippen molar-refractivity contribution in [3.8, 4) is 0 Å². The van der Waals surface area contributed by atoms with Gasteiger partial charge >= 0.3 is 12.1 Å². The van der Waals surface area contributed by atoms with E-state index in [9.17, 15) is 14.7 Å². The standard InChI is InChI=1S/C20H25N5O3/c1-4-14-15-16(23-25(17(15)21)19(27)28)20(2,3)24(14)18(26)22-13-10-12(13)11-8-6-5-7-9-11/h5-9,12-14H,4,10,21H2,1-3H3,(H,22,26)(H,27,28)/t12-,13+,14?/m0/s1. The average molecular weight is 383 g/mol. The Hall–Kier alpha value is -3.03. The Labute approximate surface area is 163 Å². The van der Waals surface area contributed by atoms with Gasteiger partial charge in [-0.2, -0.15) is 5.10 Å². The third kappa shape index (κ3) is 2.63. The lowest BCUT2D eigenvalue weighted by Gasteiger charge is -2.36. The molecule has 8 nitrogen and oxygen atoms in total. The smallest absolute Gasteiger partial charge is 0.434 e. The van der Waals surface area contributed by atoms with Crippen molar-refractivity contribution in [3.05, 3.63) is 47.2 Å². The van der Waals surface area contributed by atoms with Gasteiger partial charge in [0.2, 0.25) is 0 Å². The lowest BCUT2D eigenvalue weighted by atomic mass is 10.0. The third-order valence-electron chi connectivity index (χ3n) is 5.90. The van der Waals surface area contributed by atoms with Crippen LogP contribution in [0.2, 0.25) is 0 Å². The molecule has 2 amide bonds. The third-order valence-corrected chi connectivity index (χ3v) is 5.90. The highest BCUT2D eigenvalue weighted by Gasteiger charge is 2.52. The molecule has 4 rings (SSSR count). The molecule has 0 spiro atoms. The van der Waals surface area contributed by atoms with Gasteiger partial charge in [0, 0.05) is 17.5 Å². The Morgan fingerprint density at radius 2 is 2.00 bits per heavy atom. The fourth-order valence-electron chi connectivity index (χ4n) is 4.44. The van der Waals surface area contributed by atoms with Crippen LogP contribution in [0.3, 0.4) is 0 Å². The Kier molecular flexibility index (Phi) is 4.10. The van der Waals surface area contributed by atoms with Gasteiger partial charge in [-0.15, -0.1) is 4.68 Å². The molecule has 4 N–H and O–H groups in total. The van der Waals surface area contributed by atoms with Crippen molar-refractivity contribution in [1.82, 2.24) is 20.0 Å². The number of anilines is 1. The summed E-state index contributed by atoms with van der Waals surface area (Å²) in [5.74, 6) is 0.422. The van der Waals surface area contributed by atoms with Crippen LogP contribution in [0, 0.1) is 0 Å². The molecular weight excluding hydrogens is 358 g/mol. The van der Waals surface area contributed by atoms with Gasteiger partial charge in [-0.1, -0.05) is 37.3 Å². The van der Waals surface area contributed by atoms with E-state index in [4.69, 9.17) is 5.73 Å². The van der Waals surface area contributed by atoms with Crippen molar-refractivity contribution >= 4 is 17.9 Å². The number of carbonyl (C=O) groups excluding carboxylic acids is 1. The number of hydrogen-bond acceptors (Lipinski definition) is 4. The molecule has 8 heteroatoms. The van der Waals surface area contributed by atoms with Gasteiger partial charge in [-0.3, -0.25) is 0 Å². The number of nitrogens with zero attached hydrogens (tertiary/aromatic N) is 3. The van der Waals surface area contributed by atoms with Crippen LogP contribution in [-0.2, 0) is 5.54 Å². The molecule has 1 unspecified atom stereocenters. The maximum atomic E-state index is 13.2. The fourth-order valence-corrected chi connectivity index (χ4v) is 4.44. The molecule has 0 saturated heterocycles. The van der Waals surface area contributed by atoms with E-state index in [2.05, 4.69) is 22.5 Å². The number of nitrogens with two attached hydrogens (primary N) is 1. The first kappa shape index (κ1) is 18.3. The van der Waals surface area contributed by atoms with Crippen molar-refractivity contribution < 1.29 is 14.7 Å². The molecule has 1 aliphatic carbocycles. The zero-order valence-electron chi connectivity index (χ0n) is 16.2. The number of amides is 2. The molecule has 1 saturated carbocycles. The van der Waals surface area contributed by atoms with E-state index >= 15 is 0 Å². The van der Waals surface area contributed by atoms with Crippen LogP contribution in [-0.4, -0.2) is 38.0 Å². The minimum absolute atomic E-state index is 0.0892. The summed E-state index contributed by atoms with van der Waals surface area (Å²) in [6.45, 7) is 5.71. The molecule has 1 fully saturated rings. The largest absolute Gasteiger partial charge is 0.463 e. The van der Waals surface area contributed by atoms with Crippen LogP contribution >= 0.6 is 0 Å². The highest BCUT2D eigenvalue weighted by molar-refractivity contribution is 5.80. The second-order valence-electron chi connectivity index (χ2n) is 8.00. The van der Waals surface area contributed by atoms with Crippen LogP contribution in [0.25, 0.3) is 0 Å². The van der Waals surface area contributed by atoms with Crippen LogP contribution in [0.15, 0.2) is 30.3 Å². The van der Waals surface area contributed by atoms with E-state index in [1.807, 2.05) is 39.0 Å². The summed E-state index contributed by atoms with van der Waals surface area (Å²) < 4.78 is 0.802. The van der Waals surface area contributed by atoms with E-state index in [0.29, 0.717) is 23.6 Å². The van der Waals surface area contributed by atoms with Gasteiger partial charge in [-0.25, -0.2) is 9.59 Å². The Morgan fingerprint density at radius 3 is 2.61 bits per heavy atom. The van der Waals surface area contributed by atoms with Crippen molar-refractivity contribution in [3.63, 3.8) is 0 Å². The monoisotopic (exact) mass is 383 g/mol.